The van der Waals surface area contributed by atoms with Gasteiger partial charge in [-0.3, -0.25) is 4.79 Å². The van der Waals surface area contributed by atoms with Crippen LogP contribution in [0.25, 0.3) is 0 Å². The minimum Gasteiger partial charge on any atom is -0.485 e. The predicted molar refractivity (Wildman–Crippen MR) is 76.1 cm³/mol. The maximum Gasteiger partial charge on any atom is 0.210 e. The van der Waals surface area contributed by atoms with Crippen LogP contribution >= 0.6 is 11.3 Å². The first-order valence-electron chi connectivity index (χ1n) is 6.12. The second kappa shape index (κ2) is 6.50. The third-order valence-electron chi connectivity index (χ3n) is 2.73. The van der Waals surface area contributed by atoms with Gasteiger partial charge in [-0.15, -0.1) is 11.3 Å². The molecule has 0 radical (unpaired) electrons. The van der Waals surface area contributed by atoms with Crippen LogP contribution in [0.15, 0.2) is 36.4 Å². The number of Topliss-reactive ketones (excluding diaryl/α,β-unsaturated/α-hetero) is 1. The minimum absolute atomic E-state index is 0.0168. The molecular formula is C15H16O3S. The number of thiophene rings is 1. The van der Waals surface area contributed by atoms with Gasteiger partial charge in [-0.05, 0) is 37.1 Å². The molecule has 0 aliphatic carbocycles. The monoisotopic (exact) mass is 276 g/mol. The summed E-state index contributed by atoms with van der Waals surface area (Å²) in [6.07, 6.45) is 0.530. The van der Waals surface area contributed by atoms with Crippen molar-refractivity contribution in [3.8, 4) is 5.75 Å². The van der Waals surface area contributed by atoms with Crippen LogP contribution in [0.1, 0.15) is 20.1 Å². The number of aryl methyl sites for hydroxylation is 1. The molecule has 1 aromatic heterocycles. The molecule has 3 nitrogen and oxygen atoms in total. The molecule has 0 bridgehead atoms. The first-order chi connectivity index (χ1) is 9.20. The normalized spacial score (nSPS) is 10.4. The summed E-state index contributed by atoms with van der Waals surface area (Å²) in [7, 11) is 0. The molecule has 0 aliphatic heterocycles. The van der Waals surface area contributed by atoms with Gasteiger partial charge in [-0.1, -0.05) is 18.2 Å². The van der Waals surface area contributed by atoms with Crippen LogP contribution in [0.2, 0.25) is 0 Å². The second-order valence-electron chi connectivity index (χ2n) is 4.20. The molecule has 100 valence electrons. The lowest BCUT2D eigenvalue weighted by molar-refractivity contribution is 0.0925. The van der Waals surface area contributed by atoms with E-state index >= 15 is 0 Å². The molecule has 19 heavy (non-hydrogen) atoms. The quantitative estimate of drug-likeness (QED) is 0.825. The lowest BCUT2D eigenvalue weighted by Gasteiger charge is -2.09. The summed E-state index contributed by atoms with van der Waals surface area (Å²) >= 11 is 1.48. The summed E-state index contributed by atoms with van der Waals surface area (Å²) < 4.78 is 5.56. The number of hydrogen-bond donors (Lipinski definition) is 1. The number of benzene rings is 1. The number of ketones is 1. The van der Waals surface area contributed by atoms with Crippen molar-refractivity contribution in [2.75, 3.05) is 13.2 Å². The van der Waals surface area contributed by atoms with E-state index in [2.05, 4.69) is 0 Å². The highest BCUT2D eigenvalue weighted by molar-refractivity contribution is 7.14. The van der Waals surface area contributed by atoms with Crippen molar-refractivity contribution in [1.82, 2.24) is 0 Å². The molecule has 0 atom stereocenters. The maximum atomic E-state index is 11.9. The van der Waals surface area contributed by atoms with E-state index in [0.717, 1.165) is 15.3 Å². The topological polar surface area (TPSA) is 46.5 Å². The molecule has 0 fully saturated rings. The zero-order chi connectivity index (χ0) is 13.7. The number of ether oxygens (including phenoxy) is 1. The van der Waals surface area contributed by atoms with E-state index in [1.54, 1.807) is 0 Å². The van der Waals surface area contributed by atoms with Crippen molar-refractivity contribution in [3.05, 3.63) is 51.7 Å². The summed E-state index contributed by atoms with van der Waals surface area (Å²) in [5.74, 6) is 0.648. The van der Waals surface area contributed by atoms with Crippen molar-refractivity contribution in [3.63, 3.8) is 0 Å². The minimum atomic E-state index is -0.0168. The van der Waals surface area contributed by atoms with E-state index in [4.69, 9.17) is 9.84 Å². The van der Waals surface area contributed by atoms with Gasteiger partial charge in [0.1, 0.15) is 5.75 Å². The summed E-state index contributed by atoms with van der Waals surface area (Å²) in [4.78, 5) is 13.8. The Labute approximate surface area is 116 Å². The maximum absolute atomic E-state index is 11.9. The Hall–Kier alpha value is -1.65. The molecular weight excluding hydrogens is 260 g/mol. The molecule has 1 aromatic carbocycles. The van der Waals surface area contributed by atoms with Crippen LogP contribution in [0, 0.1) is 6.92 Å². The van der Waals surface area contributed by atoms with Gasteiger partial charge in [0.15, 0.2) is 6.61 Å². The highest BCUT2D eigenvalue weighted by Crippen LogP contribution is 2.20. The summed E-state index contributed by atoms with van der Waals surface area (Å²) in [6, 6.07) is 11.2. The van der Waals surface area contributed by atoms with Crippen LogP contribution in [0.4, 0.5) is 0 Å². The lowest BCUT2D eigenvalue weighted by atomic mass is 10.1. The van der Waals surface area contributed by atoms with Crippen LogP contribution in [0.3, 0.4) is 0 Å². The largest absolute Gasteiger partial charge is 0.485 e. The molecule has 1 heterocycles. The van der Waals surface area contributed by atoms with Gasteiger partial charge in [0.05, 0.1) is 4.88 Å². The number of aliphatic hydroxyl groups excluding tert-OH is 1. The predicted octanol–water partition coefficient (Wildman–Crippen LogP) is 2.85. The molecule has 0 unspecified atom stereocenters. The zero-order valence-electron chi connectivity index (χ0n) is 10.8. The fourth-order valence-electron chi connectivity index (χ4n) is 1.77. The van der Waals surface area contributed by atoms with Gasteiger partial charge < -0.3 is 9.84 Å². The number of carbonyl (C=O) groups is 1. The molecule has 0 aliphatic rings. The van der Waals surface area contributed by atoms with Crippen molar-refractivity contribution in [2.24, 2.45) is 0 Å². The van der Waals surface area contributed by atoms with Crippen LogP contribution in [-0.2, 0) is 6.42 Å². The summed E-state index contributed by atoms with van der Waals surface area (Å²) in [5.41, 5.74) is 0.917. The average Bonchev–Trinajstić information content (AvgIpc) is 2.84. The van der Waals surface area contributed by atoms with E-state index in [1.807, 2.05) is 43.3 Å². The standard InChI is InChI=1S/C15H16O3S/c1-11-6-7-15(19-11)13(17)10-18-14-5-3-2-4-12(14)8-9-16/h2-7,16H,8-10H2,1H3. The van der Waals surface area contributed by atoms with Crippen molar-refractivity contribution < 1.29 is 14.6 Å². The number of carbonyl (C=O) groups excluding carboxylic acids is 1. The van der Waals surface area contributed by atoms with E-state index in [-0.39, 0.29) is 19.0 Å². The Morgan fingerprint density at radius 3 is 2.74 bits per heavy atom. The van der Waals surface area contributed by atoms with E-state index in [9.17, 15) is 4.79 Å². The summed E-state index contributed by atoms with van der Waals surface area (Å²) in [6.45, 7) is 2.07. The highest BCUT2D eigenvalue weighted by Gasteiger charge is 2.10. The van der Waals surface area contributed by atoms with Crippen molar-refractivity contribution in [1.29, 1.82) is 0 Å². The second-order valence-corrected chi connectivity index (χ2v) is 5.49. The van der Waals surface area contributed by atoms with Gasteiger partial charge in [0.2, 0.25) is 5.78 Å². The SMILES string of the molecule is Cc1ccc(C(=O)COc2ccccc2CCO)s1. The molecule has 4 heteroatoms. The lowest BCUT2D eigenvalue weighted by Crippen LogP contribution is -2.11. The zero-order valence-corrected chi connectivity index (χ0v) is 11.6. The van der Waals surface area contributed by atoms with Gasteiger partial charge in [0.25, 0.3) is 0 Å². The number of rotatable bonds is 6. The Morgan fingerprint density at radius 1 is 1.26 bits per heavy atom. The number of hydrogen-bond acceptors (Lipinski definition) is 4. The molecule has 2 aromatic rings. The number of para-hydroxylation sites is 1. The van der Waals surface area contributed by atoms with E-state index in [0.29, 0.717) is 12.2 Å². The number of aliphatic hydroxyl groups is 1. The van der Waals surface area contributed by atoms with Gasteiger partial charge >= 0.3 is 0 Å². The first-order valence-corrected chi connectivity index (χ1v) is 6.93. The first kappa shape index (κ1) is 13.8. The Kier molecular flexibility index (Phi) is 4.71. The van der Waals surface area contributed by atoms with Crippen LogP contribution in [-0.4, -0.2) is 24.1 Å². The average molecular weight is 276 g/mol. The molecule has 0 saturated carbocycles. The Morgan fingerprint density at radius 2 is 2.05 bits per heavy atom. The fourth-order valence-corrected chi connectivity index (χ4v) is 2.56. The van der Waals surface area contributed by atoms with Crippen LogP contribution in [0.5, 0.6) is 5.75 Å². The Balaban J connectivity index is 2.00. The molecule has 0 spiro atoms. The van der Waals surface area contributed by atoms with Gasteiger partial charge in [-0.2, -0.15) is 0 Å². The van der Waals surface area contributed by atoms with Gasteiger partial charge in [0, 0.05) is 11.5 Å². The van der Waals surface area contributed by atoms with Gasteiger partial charge in [-0.25, -0.2) is 0 Å². The smallest absolute Gasteiger partial charge is 0.210 e. The van der Waals surface area contributed by atoms with Crippen molar-refractivity contribution >= 4 is 17.1 Å². The molecule has 0 amide bonds. The fraction of sp³-hybridized carbons (Fsp3) is 0.267. The molecule has 1 N–H and O–H groups in total. The summed E-state index contributed by atoms with van der Waals surface area (Å²) in [5, 5.41) is 8.98. The molecule has 0 saturated heterocycles. The third-order valence-corrected chi connectivity index (χ3v) is 3.77. The highest BCUT2D eigenvalue weighted by atomic mass is 32.1. The molecule has 2 rings (SSSR count). The van der Waals surface area contributed by atoms with Crippen molar-refractivity contribution in [2.45, 2.75) is 13.3 Å². The van der Waals surface area contributed by atoms with E-state index < -0.39 is 0 Å². The Bertz CT molecular complexity index is 560. The third kappa shape index (κ3) is 3.66. The van der Waals surface area contributed by atoms with Crippen LogP contribution < -0.4 is 4.74 Å². The van der Waals surface area contributed by atoms with E-state index in [1.165, 1.54) is 11.3 Å².